The zero-order valence-corrected chi connectivity index (χ0v) is 12.5. The van der Waals surface area contributed by atoms with Gasteiger partial charge in [-0.1, -0.05) is 12.1 Å². The van der Waals surface area contributed by atoms with Crippen LogP contribution in [0.3, 0.4) is 0 Å². The largest absolute Gasteiger partial charge is 0.394 e. The predicted molar refractivity (Wildman–Crippen MR) is 80.8 cm³/mol. The van der Waals surface area contributed by atoms with Crippen molar-refractivity contribution in [3.05, 3.63) is 44.8 Å². The number of aliphatic hydroxyl groups excluding tert-OH is 2. The molecule has 0 aliphatic carbocycles. The van der Waals surface area contributed by atoms with E-state index in [-0.39, 0.29) is 19.3 Å². The Kier molecular flexibility index (Phi) is 5.13. The quantitative estimate of drug-likeness (QED) is 0.736. The summed E-state index contributed by atoms with van der Waals surface area (Å²) < 4.78 is 0. The van der Waals surface area contributed by atoms with E-state index in [1.54, 1.807) is 22.7 Å². The molecule has 0 aliphatic rings. The summed E-state index contributed by atoms with van der Waals surface area (Å²) in [5, 5.41) is 26.4. The van der Waals surface area contributed by atoms with Crippen molar-refractivity contribution in [2.24, 2.45) is 0 Å². The summed E-state index contributed by atoms with van der Waals surface area (Å²) in [4.78, 5) is 2.52. The van der Waals surface area contributed by atoms with Crippen LogP contribution in [0.5, 0.6) is 0 Å². The topological polar surface area (TPSA) is 52.5 Å². The zero-order valence-electron chi connectivity index (χ0n) is 10.9. The van der Waals surface area contributed by atoms with Gasteiger partial charge in [0.05, 0.1) is 18.8 Å². The molecule has 0 aliphatic heterocycles. The minimum absolute atomic E-state index is 0.0875. The van der Waals surface area contributed by atoms with Crippen LogP contribution < -0.4 is 5.32 Å². The molecular formula is C14H19NO2S2. The smallest absolute Gasteiger partial charge is 0.0633 e. The summed E-state index contributed by atoms with van der Waals surface area (Å²) in [6.07, 6.45) is 0.869. The Labute approximate surface area is 121 Å². The van der Waals surface area contributed by atoms with E-state index in [4.69, 9.17) is 0 Å². The summed E-state index contributed by atoms with van der Waals surface area (Å²) >= 11 is 3.42. The first-order valence-electron chi connectivity index (χ1n) is 6.22. The molecule has 0 bridgehead atoms. The van der Waals surface area contributed by atoms with Gasteiger partial charge in [0.1, 0.15) is 0 Å². The Morgan fingerprint density at radius 1 is 1.16 bits per heavy atom. The van der Waals surface area contributed by atoms with Gasteiger partial charge in [-0.05, 0) is 29.8 Å². The third-order valence-electron chi connectivity index (χ3n) is 3.09. The monoisotopic (exact) mass is 297 g/mol. The molecule has 0 saturated carbocycles. The molecule has 3 N–H and O–H groups in total. The van der Waals surface area contributed by atoms with Gasteiger partial charge >= 0.3 is 0 Å². The molecule has 2 rings (SSSR count). The van der Waals surface area contributed by atoms with E-state index in [1.165, 1.54) is 9.75 Å². The second-order valence-electron chi connectivity index (χ2n) is 4.87. The van der Waals surface area contributed by atoms with Crippen LogP contribution in [-0.2, 0) is 6.42 Å². The SMILES string of the molecule is CC(CO)(CO)NC(Cc1cccs1)c1cccs1. The van der Waals surface area contributed by atoms with Gasteiger partial charge in [-0.15, -0.1) is 22.7 Å². The second-order valence-corrected chi connectivity index (χ2v) is 6.88. The van der Waals surface area contributed by atoms with Gasteiger partial charge < -0.3 is 10.2 Å². The highest BCUT2D eigenvalue weighted by molar-refractivity contribution is 7.10. The van der Waals surface area contributed by atoms with Crippen molar-refractivity contribution in [3.63, 3.8) is 0 Å². The summed E-state index contributed by atoms with van der Waals surface area (Å²) in [5.41, 5.74) is -0.661. The molecule has 104 valence electrons. The van der Waals surface area contributed by atoms with Gasteiger partial charge in [-0.3, -0.25) is 5.32 Å². The molecule has 0 spiro atoms. The molecule has 0 radical (unpaired) electrons. The van der Waals surface area contributed by atoms with Crippen LogP contribution >= 0.6 is 22.7 Å². The van der Waals surface area contributed by atoms with Gasteiger partial charge in [0.2, 0.25) is 0 Å². The molecule has 3 nitrogen and oxygen atoms in total. The summed E-state index contributed by atoms with van der Waals surface area (Å²) in [6, 6.07) is 8.39. The van der Waals surface area contributed by atoms with Crippen molar-refractivity contribution < 1.29 is 10.2 Å². The lowest BCUT2D eigenvalue weighted by molar-refractivity contribution is 0.0942. The fraction of sp³-hybridized carbons (Fsp3) is 0.429. The van der Waals surface area contributed by atoms with Gasteiger partial charge in [-0.2, -0.15) is 0 Å². The van der Waals surface area contributed by atoms with Gasteiger partial charge in [-0.25, -0.2) is 0 Å². The molecule has 0 aromatic carbocycles. The van der Waals surface area contributed by atoms with E-state index < -0.39 is 5.54 Å². The van der Waals surface area contributed by atoms with Crippen molar-refractivity contribution in [3.8, 4) is 0 Å². The minimum Gasteiger partial charge on any atom is -0.394 e. The molecule has 2 aromatic heterocycles. The molecule has 0 saturated heterocycles. The van der Waals surface area contributed by atoms with Gasteiger partial charge in [0.15, 0.2) is 0 Å². The van der Waals surface area contributed by atoms with Crippen molar-refractivity contribution in [1.29, 1.82) is 0 Å². The van der Waals surface area contributed by atoms with Crippen molar-refractivity contribution in [2.75, 3.05) is 13.2 Å². The van der Waals surface area contributed by atoms with Gasteiger partial charge in [0.25, 0.3) is 0 Å². The van der Waals surface area contributed by atoms with Crippen molar-refractivity contribution in [1.82, 2.24) is 5.32 Å². The molecule has 2 heterocycles. The van der Waals surface area contributed by atoms with E-state index in [0.29, 0.717) is 0 Å². The summed E-state index contributed by atoms with van der Waals surface area (Å²) in [6.45, 7) is 1.66. The molecule has 0 fully saturated rings. The maximum Gasteiger partial charge on any atom is 0.0633 e. The van der Waals surface area contributed by atoms with Crippen LogP contribution in [0.4, 0.5) is 0 Å². The standard InChI is InChI=1S/C14H19NO2S2/c1-14(9-16,10-17)15-12(13-5-3-7-19-13)8-11-4-2-6-18-11/h2-7,12,15-17H,8-10H2,1H3. The molecule has 1 atom stereocenters. The van der Waals surface area contributed by atoms with E-state index in [2.05, 4.69) is 22.8 Å². The Balaban J connectivity index is 2.15. The van der Waals surface area contributed by atoms with Crippen LogP contribution in [0.1, 0.15) is 22.7 Å². The lowest BCUT2D eigenvalue weighted by Gasteiger charge is -2.31. The number of thiophene rings is 2. The first-order chi connectivity index (χ1) is 9.17. The molecule has 0 amide bonds. The minimum atomic E-state index is -0.661. The van der Waals surface area contributed by atoms with E-state index in [0.717, 1.165) is 6.42 Å². The van der Waals surface area contributed by atoms with Crippen LogP contribution in [0.25, 0.3) is 0 Å². The molecule has 1 unspecified atom stereocenters. The summed E-state index contributed by atoms with van der Waals surface area (Å²) in [7, 11) is 0. The van der Waals surface area contributed by atoms with Crippen molar-refractivity contribution >= 4 is 22.7 Å². The highest BCUT2D eigenvalue weighted by Gasteiger charge is 2.27. The van der Waals surface area contributed by atoms with Crippen LogP contribution in [0.2, 0.25) is 0 Å². The molecular weight excluding hydrogens is 278 g/mol. The molecule has 2 aromatic rings. The number of hydrogen-bond donors (Lipinski definition) is 3. The van der Waals surface area contributed by atoms with Crippen LogP contribution in [0.15, 0.2) is 35.0 Å². The number of hydrogen-bond acceptors (Lipinski definition) is 5. The fourth-order valence-corrected chi connectivity index (χ4v) is 3.43. The zero-order chi connectivity index (χ0) is 13.7. The van der Waals surface area contributed by atoms with Gasteiger partial charge in [0, 0.05) is 22.2 Å². The third-order valence-corrected chi connectivity index (χ3v) is 4.98. The first kappa shape index (κ1) is 14.7. The fourth-order valence-electron chi connectivity index (χ4n) is 1.90. The highest BCUT2D eigenvalue weighted by Crippen LogP contribution is 2.26. The van der Waals surface area contributed by atoms with E-state index in [1.807, 2.05) is 24.4 Å². The van der Waals surface area contributed by atoms with Crippen LogP contribution in [-0.4, -0.2) is 29.0 Å². The number of nitrogens with one attached hydrogen (secondary N) is 1. The Morgan fingerprint density at radius 2 is 1.84 bits per heavy atom. The lowest BCUT2D eigenvalue weighted by Crippen LogP contribution is -2.50. The third kappa shape index (κ3) is 3.87. The van der Waals surface area contributed by atoms with E-state index >= 15 is 0 Å². The Morgan fingerprint density at radius 3 is 2.37 bits per heavy atom. The van der Waals surface area contributed by atoms with Crippen LogP contribution in [0, 0.1) is 0 Å². The number of rotatable bonds is 7. The molecule has 19 heavy (non-hydrogen) atoms. The Bertz CT molecular complexity index is 464. The highest BCUT2D eigenvalue weighted by atomic mass is 32.1. The average Bonchev–Trinajstić information content (AvgIpc) is 3.10. The second kappa shape index (κ2) is 6.63. The lowest BCUT2D eigenvalue weighted by atomic mass is 10.0. The van der Waals surface area contributed by atoms with Crippen molar-refractivity contribution in [2.45, 2.75) is 24.9 Å². The first-order valence-corrected chi connectivity index (χ1v) is 7.98. The normalized spacial score (nSPS) is 13.6. The maximum absolute atomic E-state index is 9.44. The molecule has 5 heteroatoms. The maximum atomic E-state index is 9.44. The summed E-state index contributed by atoms with van der Waals surface area (Å²) in [5.74, 6) is 0. The number of aliphatic hydroxyl groups is 2. The Hall–Kier alpha value is -0.720. The predicted octanol–water partition coefficient (Wildman–Crippen LogP) is 2.43. The average molecular weight is 297 g/mol. The van der Waals surface area contributed by atoms with E-state index in [9.17, 15) is 10.2 Å².